The highest BCUT2D eigenvalue weighted by Crippen LogP contribution is 2.19. The number of rotatable bonds is 4. The molecule has 0 radical (unpaired) electrons. The van der Waals surface area contributed by atoms with E-state index in [1.165, 1.54) is 16.7 Å². The van der Waals surface area contributed by atoms with Crippen LogP contribution in [0.25, 0.3) is 0 Å². The van der Waals surface area contributed by atoms with Gasteiger partial charge in [-0.05, 0) is 30.9 Å². The van der Waals surface area contributed by atoms with E-state index in [1.807, 2.05) is 0 Å². The summed E-state index contributed by atoms with van der Waals surface area (Å²) in [5, 5.41) is 0. The van der Waals surface area contributed by atoms with Gasteiger partial charge in [0, 0.05) is 0 Å². The molecule has 2 nitrogen and oxygen atoms in total. The zero-order valence-electron chi connectivity index (χ0n) is 10.6. The Morgan fingerprint density at radius 2 is 1.62 bits per heavy atom. The quantitative estimate of drug-likeness (QED) is 0.462. The summed E-state index contributed by atoms with van der Waals surface area (Å²) in [4.78, 5) is 0. The molecule has 1 rings (SSSR count). The molecule has 1 atom stereocenters. The summed E-state index contributed by atoms with van der Waals surface area (Å²) in [6, 6.07) is 8.72. The van der Waals surface area contributed by atoms with Gasteiger partial charge in [-0.2, -0.15) is 0 Å². The average Bonchev–Trinajstić information content (AvgIpc) is 2.25. The molecule has 1 unspecified atom stereocenters. The smallest absolute Gasteiger partial charge is 0.0643 e. The van der Waals surface area contributed by atoms with E-state index in [-0.39, 0.29) is 6.04 Å². The van der Waals surface area contributed by atoms with Crippen LogP contribution in [0.5, 0.6) is 0 Å². The van der Waals surface area contributed by atoms with Crippen molar-refractivity contribution < 1.29 is 0 Å². The fourth-order valence-corrected chi connectivity index (χ4v) is 1.66. The molecule has 3 N–H and O–H groups in total. The summed E-state index contributed by atoms with van der Waals surface area (Å²) in [6.07, 6.45) is 2.13. The third-order valence-corrected chi connectivity index (χ3v) is 2.64. The molecule has 2 heteroatoms. The van der Waals surface area contributed by atoms with Gasteiger partial charge in [0.05, 0.1) is 6.04 Å². The molecule has 16 heavy (non-hydrogen) atoms. The second-order valence-electron chi connectivity index (χ2n) is 4.71. The van der Waals surface area contributed by atoms with Crippen molar-refractivity contribution in [1.82, 2.24) is 5.43 Å². The summed E-state index contributed by atoms with van der Waals surface area (Å²) in [5.74, 6) is 6.13. The molecule has 0 aliphatic heterocycles. The zero-order valence-corrected chi connectivity index (χ0v) is 10.6. The number of hydrogen-bond donors (Lipinski definition) is 2. The van der Waals surface area contributed by atoms with Gasteiger partial charge in [0.15, 0.2) is 0 Å². The fraction of sp³-hybridized carbons (Fsp3) is 0.429. The maximum atomic E-state index is 5.56. The highest BCUT2D eigenvalue weighted by atomic mass is 15.2. The Balaban J connectivity index is 2.91. The van der Waals surface area contributed by atoms with Crippen LogP contribution >= 0.6 is 0 Å². The summed E-state index contributed by atoms with van der Waals surface area (Å²) in [7, 11) is 0. The van der Waals surface area contributed by atoms with Crippen LogP contribution < -0.4 is 11.3 Å². The van der Waals surface area contributed by atoms with Gasteiger partial charge in [0.25, 0.3) is 0 Å². The third-order valence-electron chi connectivity index (χ3n) is 2.64. The summed E-state index contributed by atoms with van der Waals surface area (Å²) < 4.78 is 0. The summed E-state index contributed by atoms with van der Waals surface area (Å²) in [6.45, 7) is 8.55. The Kier molecular flexibility index (Phi) is 4.71. The second kappa shape index (κ2) is 5.83. The molecule has 0 aliphatic rings. The van der Waals surface area contributed by atoms with Crippen LogP contribution in [0.15, 0.2) is 35.9 Å². The molecule has 0 aromatic heterocycles. The molecule has 0 bridgehead atoms. The first-order valence-corrected chi connectivity index (χ1v) is 5.75. The molecule has 1 aromatic rings. The van der Waals surface area contributed by atoms with Crippen LogP contribution in [0, 0.1) is 0 Å². The molecule has 0 saturated carbocycles. The molecule has 1 aromatic carbocycles. The van der Waals surface area contributed by atoms with Gasteiger partial charge in [0.1, 0.15) is 0 Å². The highest BCUT2D eigenvalue weighted by molar-refractivity contribution is 5.29. The average molecular weight is 218 g/mol. The van der Waals surface area contributed by atoms with Crippen molar-refractivity contribution in [2.45, 2.75) is 39.7 Å². The van der Waals surface area contributed by atoms with Crippen molar-refractivity contribution in [3.05, 3.63) is 47.0 Å². The van der Waals surface area contributed by atoms with Crippen molar-refractivity contribution in [2.24, 2.45) is 5.84 Å². The van der Waals surface area contributed by atoms with E-state index in [4.69, 9.17) is 5.84 Å². The van der Waals surface area contributed by atoms with Crippen LogP contribution in [0.3, 0.4) is 0 Å². The van der Waals surface area contributed by atoms with Gasteiger partial charge in [-0.3, -0.25) is 5.84 Å². The van der Waals surface area contributed by atoms with Crippen LogP contribution in [0.1, 0.15) is 50.8 Å². The molecular weight excluding hydrogens is 196 g/mol. The minimum Gasteiger partial charge on any atom is -0.271 e. The maximum absolute atomic E-state index is 5.56. The minimum absolute atomic E-state index is 0.103. The van der Waals surface area contributed by atoms with Crippen LogP contribution in [-0.4, -0.2) is 0 Å². The standard InChI is InChI=1S/C14H22N2/c1-10(2)9-14(16-15)13-7-5-12(6-8-13)11(3)4/h5-9,11,14,16H,15H2,1-4H3. The van der Waals surface area contributed by atoms with Crippen LogP contribution in [-0.2, 0) is 0 Å². The Morgan fingerprint density at radius 1 is 1.12 bits per heavy atom. The predicted molar refractivity (Wildman–Crippen MR) is 70.0 cm³/mol. The number of hydrogen-bond acceptors (Lipinski definition) is 2. The molecule has 0 saturated heterocycles. The molecule has 0 heterocycles. The second-order valence-corrected chi connectivity index (χ2v) is 4.71. The SMILES string of the molecule is CC(C)=CC(NN)c1ccc(C(C)C)cc1. The topological polar surface area (TPSA) is 38.0 Å². The van der Waals surface area contributed by atoms with Gasteiger partial charge >= 0.3 is 0 Å². The summed E-state index contributed by atoms with van der Waals surface area (Å²) in [5.41, 5.74) is 6.64. The van der Waals surface area contributed by atoms with Crippen molar-refractivity contribution in [3.8, 4) is 0 Å². The lowest BCUT2D eigenvalue weighted by atomic mass is 9.98. The molecule has 0 aliphatic carbocycles. The van der Waals surface area contributed by atoms with Crippen LogP contribution in [0.2, 0.25) is 0 Å². The number of nitrogens with two attached hydrogens (primary N) is 1. The van der Waals surface area contributed by atoms with Gasteiger partial charge < -0.3 is 0 Å². The van der Waals surface area contributed by atoms with Gasteiger partial charge in [-0.15, -0.1) is 0 Å². The van der Waals surface area contributed by atoms with E-state index in [2.05, 4.69) is 63.5 Å². The fourth-order valence-electron chi connectivity index (χ4n) is 1.66. The monoisotopic (exact) mass is 218 g/mol. The first-order valence-electron chi connectivity index (χ1n) is 5.75. The predicted octanol–water partition coefficient (Wildman–Crippen LogP) is 3.28. The minimum atomic E-state index is 0.103. The Hall–Kier alpha value is -1.12. The normalized spacial score (nSPS) is 12.6. The van der Waals surface area contributed by atoms with E-state index >= 15 is 0 Å². The molecule has 0 amide bonds. The molecule has 0 fully saturated rings. The van der Waals surface area contributed by atoms with E-state index < -0.39 is 0 Å². The first kappa shape index (κ1) is 12.9. The van der Waals surface area contributed by atoms with Crippen molar-refractivity contribution >= 4 is 0 Å². The van der Waals surface area contributed by atoms with Crippen molar-refractivity contribution in [2.75, 3.05) is 0 Å². The van der Waals surface area contributed by atoms with Crippen molar-refractivity contribution in [1.29, 1.82) is 0 Å². The summed E-state index contributed by atoms with van der Waals surface area (Å²) >= 11 is 0. The van der Waals surface area contributed by atoms with E-state index in [9.17, 15) is 0 Å². The number of benzene rings is 1. The lowest BCUT2D eigenvalue weighted by molar-refractivity contribution is 0.651. The zero-order chi connectivity index (χ0) is 12.1. The first-order chi connectivity index (χ1) is 7.54. The molecule has 0 spiro atoms. The Morgan fingerprint density at radius 3 is 2.00 bits per heavy atom. The number of hydrazine groups is 1. The lowest BCUT2D eigenvalue weighted by Gasteiger charge is -2.14. The molecule has 88 valence electrons. The third kappa shape index (κ3) is 3.47. The van der Waals surface area contributed by atoms with Gasteiger partial charge in [-0.25, -0.2) is 5.43 Å². The number of allylic oxidation sites excluding steroid dienone is 1. The van der Waals surface area contributed by atoms with Gasteiger partial charge in [0.2, 0.25) is 0 Å². The lowest BCUT2D eigenvalue weighted by Crippen LogP contribution is -2.26. The maximum Gasteiger partial charge on any atom is 0.0643 e. The van der Waals surface area contributed by atoms with E-state index in [0.717, 1.165) is 0 Å². The number of nitrogens with one attached hydrogen (secondary N) is 1. The molecular formula is C14H22N2. The van der Waals surface area contributed by atoms with Crippen LogP contribution in [0.4, 0.5) is 0 Å². The highest BCUT2D eigenvalue weighted by Gasteiger charge is 2.06. The van der Waals surface area contributed by atoms with E-state index in [1.54, 1.807) is 0 Å². The largest absolute Gasteiger partial charge is 0.271 e. The van der Waals surface area contributed by atoms with E-state index in [0.29, 0.717) is 5.92 Å². The Bertz CT molecular complexity index is 346. The van der Waals surface area contributed by atoms with Crippen molar-refractivity contribution in [3.63, 3.8) is 0 Å². The van der Waals surface area contributed by atoms with Gasteiger partial charge in [-0.1, -0.05) is 49.8 Å². The Labute approximate surface area is 98.5 Å².